The minimum absolute atomic E-state index is 0.190. The van der Waals surface area contributed by atoms with E-state index in [1.165, 1.54) is 4.90 Å². The number of aliphatic carboxylic acids is 1. The molecule has 0 aromatic heterocycles. The number of benzene rings is 1. The van der Waals surface area contributed by atoms with E-state index in [9.17, 15) is 14.7 Å². The van der Waals surface area contributed by atoms with Crippen LogP contribution in [-0.4, -0.2) is 29.6 Å². The van der Waals surface area contributed by atoms with Gasteiger partial charge in [-0.3, -0.25) is 9.59 Å². The van der Waals surface area contributed by atoms with E-state index in [1.807, 2.05) is 31.2 Å². The van der Waals surface area contributed by atoms with Gasteiger partial charge in [-0.05, 0) is 24.5 Å². The molecule has 3 N–H and O–H groups in total. The second kappa shape index (κ2) is 6.05. The predicted molar refractivity (Wildman–Crippen MR) is 76.5 cm³/mol. The Morgan fingerprint density at radius 2 is 2.15 bits per heavy atom. The van der Waals surface area contributed by atoms with E-state index in [-0.39, 0.29) is 12.5 Å². The van der Waals surface area contributed by atoms with Gasteiger partial charge in [0.25, 0.3) is 0 Å². The summed E-state index contributed by atoms with van der Waals surface area (Å²) in [6.07, 6.45) is 1.89. The minimum Gasteiger partial charge on any atom is -0.481 e. The molecular formula is C15H20N2O3. The van der Waals surface area contributed by atoms with Crippen LogP contribution in [0.3, 0.4) is 0 Å². The predicted octanol–water partition coefficient (Wildman–Crippen LogP) is 1.40. The van der Waals surface area contributed by atoms with E-state index in [0.717, 1.165) is 17.7 Å². The zero-order chi connectivity index (χ0) is 14.7. The Bertz CT molecular complexity index is 516. The number of carboxylic acids is 1. The number of para-hydroxylation sites is 1. The Morgan fingerprint density at radius 1 is 1.45 bits per heavy atom. The summed E-state index contributed by atoms with van der Waals surface area (Å²) >= 11 is 0. The fourth-order valence-electron chi connectivity index (χ4n) is 2.60. The van der Waals surface area contributed by atoms with E-state index in [4.69, 9.17) is 5.73 Å². The first-order valence-corrected chi connectivity index (χ1v) is 6.92. The van der Waals surface area contributed by atoms with Crippen molar-refractivity contribution < 1.29 is 14.7 Å². The van der Waals surface area contributed by atoms with Crippen molar-refractivity contribution in [3.05, 3.63) is 29.8 Å². The highest BCUT2D eigenvalue weighted by atomic mass is 16.4. The molecule has 1 amide bonds. The number of carboxylic acid groups (broad SMARTS) is 1. The van der Waals surface area contributed by atoms with Crippen LogP contribution in [-0.2, 0) is 16.0 Å². The lowest BCUT2D eigenvalue weighted by Gasteiger charge is -2.34. The summed E-state index contributed by atoms with van der Waals surface area (Å²) in [5.41, 5.74) is 7.58. The number of amides is 1. The number of hydrogen-bond donors (Lipinski definition) is 2. The second-order valence-electron chi connectivity index (χ2n) is 5.21. The Morgan fingerprint density at radius 3 is 2.80 bits per heavy atom. The lowest BCUT2D eigenvalue weighted by atomic mass is 9.92. The highest BCUT2D eigenvalue weighted by Crippen LogP contribution is 2.30. The van der Waals surface area contributed by atoms with Gasteiger partial charge in [0, 0.05) is 12.2 Å². The maximum absolute atomic E-state index is 12.4. The number of anilines is 1. The number of rotatable bonds is 4. The van der Waals surface area contributed by atoms with Crippen LogP contribution >= 0.6 is 0 Å². The van der Waals surface area contributed by atoms with Gasteiger partial charge in [-0.2, -0.15) is 0 Å². The number of nitrogens with two attached hydrogens (primary N) is 1. The van der Waals surface area contributed by atoms with Crippen LogP contribution < -0.4 is 10.6 Å². The van der Waals surface area contributed by atoms with E-state index in [0.29, 0.717) is 12.8 Å². The molecule has 1 heterocycles. The third-order valence-electron chi connectivity index (χ3n) is 3.68. The molecule has 5 nitrogen and oxygen atoms in total. The molecule has 0 saturated heterocycles. The van der Waals surface area contributed by atoms with Crippen molar-refractivity contribution in [1.29, 1.82) is 0 Å². The average Bonchev–Trinajstić information content (AvgIpc) is 2.45. The topological polar surface area (TPSA) is 83.6 Å². The third kappa shape index (κ3) is 2.82. The van der Waals surface area contributed by atoms with Crippen LogP contribution in [0.4, 0.5) is 5.69 Å². The molecule has 0 spiro atoms. The van der Waals surface area contributed by atoms with Crippen LogP contribution in [0.1, 0.15) is 25.3 Å². The van der Waals surface area contributed by atoms with Crippen LogP contribution in [0, 0.1) is 5.92 Å². The first-order valence-electron chi connectivity index (χ1n) is 6.92. The van der Waals surface area contributed by atoms with Gasteiger partial charge in [-0.15, -0.1) is 0 Å². The van der Waals surface area contributed by atoms with Gasteiger partial charge in [0.05, 0.1) is 12.0 Å². The van der Waals surface area contributed by atoms with Gasteiger partial charge in [0.1, 0.15) is 0 Å². The standard InChI is InChI=1S/C15H20N2O3/c1-2-5-12(16)14(18)17-9-11(15(19)20)8-10-6-3-4-7-13(10)17/h3-4,6-7,11-12H,2,5,8-9,16H2,1H3,(H,19,20). The number of carbonyl (C=O) groups is 2. The first-order chi connectivity index (χ1) is 9.54. The zero-order valence-electron chi connectivity index (χ0n) is 11.6. The zero-order valence-corrected chi connectivity index (χ0v) is 11.6. The van der Waals surface area contributed by atoms with Crippen molar-refractivity contribution in [2.45, 2.75) is 32.2 Å². The van der Waals surface area contributed by atoms with E-state index < -0.39 is 17.9 Å². The summed E-state index contributed by atoms with van der Waals surface area (Å²) < 4.78 is 0. The Labute approximate surface area is 118 Å². The van der Waals surface area contributed by atoms with Crippen molar-refractivity contribution in [2.24, 2.45) is 11.7 Å². The highest BCUT2D eigenvalue weighted by Gasteiger charge is 2.33. The quantitative estimate of drug-likeness (QED) is 0.870. The molecule has 2 atom stereocenters. The third-order valence-corrected chi connectivity index (χ3v) is 3.68. The van der Waals surface area contributed by atoms with Gasteiger partial charge in [0.15, 0.2) is 0 Å². The smallest absolute Gasteiger partial charge is 0.308 e. The maximum atomic E-state index is 12.4. The Balaban J connectivity index is 2.31. The molecule has 0 bridgehead atoms. The summed E-state index contributed by atoms with van der Waals surface area (Å²) in [4.78, 5) is 25.2. The fraction of sp³-hybridized carbons (Fsp3) is 0.467. The molecule has 1 aromatic rings. The van der Waals surface area contributed by atoms with Gasteiger partial charge in [-0.25, -0.2) is 0 Å². The van der Waals surface area contributed by atoms with Gasteiger partial charge >= 0.3 is 5.97 Å². The average molecular weight is 276 g/mol. The molecule has 2 rings (SSSR count). The van der Waals surface area contributed by atoms with Crippen LogP contribution in [0.15, 0.2) is 24.3 Å². The maximum Gasteiger partial charge on any atom is 0.308 e. The number of carbonyl (C=O) groups excluding carboxylic acids is 1. The van der Waals surface area contributed by atoms with E-state index >= 15 is 0 Å². The number of hydrogen-bond acceptors (Lipinski definition) is 3. The van der Waals surface area contributed by atoms with Gasteiger partial charge < -0.3 is 15.7 Å². The van der Waals surface area contributed by atoms with Crippen molar-refractivity contribution in [2.75, 3.05) is 11.4 Å². The molecular weight excluding hydrogens is 256 g/mol. The lowest BCUT2D eigenvalue weighted by Crippen LogP contribution is -2.49. The molecule has 0 aliphatic carbocycles. The summed E-state index contributed by atoms with van der Waals surface area (Å²) in [5.74, 6) is -1.63. The molecule has 5 heteroatoms. The molecule has 20 heavy (non-hydrogen) atoms. The fourth-order valence-corrected chi connectivity index (χ4v) is 2.60. The normalized spacial score (nSPS) is 19.3. The lowest BCUT2D eigenvalue weighted by molar-refractivity contribution is -0.141. The molecule has 0 fully saturated rings. The van der Waals surface area contributed by atoms with Crippen molar-refractivity contribution in [1.82, 2.24) is 0 Å². The number of fused-ring (bicyclic) bond motifs is 1. The first kappa shape index (κ1) is 14.5. The van der Waals surface area contributed by atoms with Crippen LogP contribution in [0.2, 0.25) is 0 Å². The monoisotopic (exact) mass is 276 g/mol. The molecule has 0 radical (unpaired) electrons. The van der Waals surface area contributed by atoms with Gasteiger partial charge in [0.2, 0.25) is 5.91 Å². The summed E-state index contributed by atoms with van der Waals surface area (Å²) in [7, 11) is 0. The molecule has 0 saturated carbocycles. The highest BCUT2D eigenvalue weighted by molar-refractivity contribution is 5.99. The Kier molecular flexibility index (Phi) is 4.39. The van der Waals surface area contributed by atoms with Crippen LogP contribution in [0.25, 0.3) is 0 Å². The van der Waals surface area contributed by atoms with E-state index in [1.54, 1.807) is 0 Å². The largest absolute Gasteiger partial charge is 0.481 e. The molecule has 1 aliphatic heterocycles. The molecule has 1 aliphatic rings. The SMILES string of the molecule is CCCC(N)C(=O)N1CC(C(=O)O)Cc2ccccc21. The van der Waals surface area contributed by atoms with Crippen molar-refractivity contribution in [3.63, 3.8) is 0 Å². The molecule has 1 aromatic carbocycles. The van der Waals surface area contributed by atoms with Crippen molar-refractivity contribution in [3.8, 4) is 0 Å². The Hall–Kier alpha value is -1.88. The van der Waals surface area contributed by atoms with Gasteiger partial charge in [-0.1, -0.05) is 31.5 Å². The summed E-state index contributed by atoms with van der Waals surface area (Å²) in [5, 5.41) is 9.24. The minimum atomic E-state index is -0.874. The van der Waals surface area contributed by atoms with Crippen LogP contribution in [0.5, 0.6) is 0 Å². The second-order valence-corrected chi connectivity index (χ2v) is 5.21. The molecule has 2 unspecified atom stereocenters. The van der Waals surface area contributed by atoms with E-state index in [2.05, 4.69) is 0 Å². The van der Waals surface area contributed by atoms with Crippen molar-refractivity contribution >= 4 is 17.6 Å². The summed E-state index contributed by atoms with van der Waals surface area (Å²) in [6.45, 7) is 2.17. The summed E-state index contributed by atoms with van der Waals surface area (Å²) in [6, 6.07) is 6.86. The molecule has 108 valence electrons. The number of nitrogens with zero attached hydrogens (tertiary/aromatic N) is 1.